The normalized spacial score (nSPS) is 11.8. The number of nitrogens with one attached hydrogen (secondary N) is 1. The van der Waals surface area contributed by atoms with Crippen LogP contribution < -0.4 is 5.32 Å². The number of rotatable bonds is 4. The Hall–Kier alpha value is -2.28. The zero-order valence-electron chi connectivity index (χ0n) is 11.1. The number of alkyl halides is 3. The smallest absolute Gasteiger partial charge is 0.320 e. The summed E-state index contributed by atoms with van der Waals surface area (Å²) in [5, 5.41) is 6.54. The second kappa shape index (κ2) is 6.65. The first-order chi connectivity index (χ1) is 10.3. The second-order valence-corrected chi connectivity index (χ2v) is 4.85. The van der Waals surface area contributed by atoms with Crippen molar-refractivity contribution in [1.82, 2.24) is 9.78 Å². The minimum Gasteiger partial charge on any atom is -0.320 e. The maximum atomic E-state index is 12.2. The van der Waals surface area contributed by atoms with E-state index in [-0.39, 0.29) is 5.69 Å². The van der Waals surface area contributed by atoms with Gasteiger partial charge in [0.05, 0.1) is 11.9 Å². The summed E-state index contributed by atoms with van der Waals surface area (Å²) in [5.41, 5.74) is 0.960. The van der Waals surface area contributed by atoms with Crippen molar-refractivity contribution in [3.8, 4) is 0 Å². The van der Waals surface area contributed by atoms with Crippen LogP contribution in [0, 0.1) is 0 Å². The van der Waals surface area contributed by atoms with Crippen molar-refractivity contribution < 1.29 is 18.0 Å². The highest BCUT2D eigenvalue weighted by atomic mass is 35.5. The van der Waals surface area contributed by atoms with E-state index >= 15 is 0 Å². The van der Waals surface area contributed by atoms with E-state index in [0.29, 0.717) is 9.70 Å². The Labute approximate surface area is 129 Å². The van der Waals surface area contributed by atoms with Crippen molar-refractivity contribution in [2.45, 2.75) is 12.7 Å². The molecular formula is C14H11ClF3N3O. The number of benzene rings is 1. The number of halogens is 4. The van der Waals surface area contributed by atoms with Gasteiger partial charge in [-0.3, -0.25) is 9.48 Å². The fraction of sp³-hybridized carbons (Fsp3) is 0.143. The lowest BCUT2D eigenvalue weighted by atomic mass is 10.2. The Morgan fingerprint density at radius 3 is 2.64 bits per heavy atom. The zero-order valence-corrected chi connectivity index (χ0v) is 11.9. The molecule has 0 unspecified atom stereocenters. The minimum absolute atomic E-state index is 0.190. The van der Waals surface area contributed by atoms with E-state index in [1.807, 2.05) is 0 Å². The Bertz CT molecular complexity index is 677. The first-order valence-electron chi connectivity index (χ1n) is 6.16. The van der Waals surface area contributed by atoms with Gasteiger partial charge in [-0.25, -0.2) is 0 Å². The summed E-state index contributed by atoms with van der Waals surface area (Å²) in [6.45, 7) is -1.20. The molecule has 0 radical (unpaired) electrons. The molecular weight excluding hydrogens is 319 g/mol. The molecule has 8 heteroatoms. The summed E-state index contributed by atoms with van der Waals surface area (Å²) in [6, 6.07) is 6.82. The summed E-state index contributed by atoms with van der Waals surface area (Å²) < 4.78 is 37.3. The third kappa shape index (κ3) is 5.25. The van der Waals surface area contributed by atoms with Gasteiger partial charge in [0.15, 0.2) is 0 Å². The molecule has 1 amide bonds. The molecule has 0 aliphatic carbocycles. The average molecular weight is 330 g/mol. The van der Waals surface area contributed by atoms with Crippen LogP contribution in [0.15, 0.2) is 42.7 Å². The number of hydrogen-bond donors (Lipinski definition) is 1. The monoisotopic (exact) mass is 329 g/mol. The van der Waals surface area contributed by atoms with Crippen molar-refractivity contribution in [2.75, 3.05) is 5.32 Å². The molecule has 2 rings (SSSR count). The summed E-state index contributed by atoms with van der Waals surface area (Å²) in [6.07, 6.45) is 0.735. The summed E-state index contributed by atoms with van der Waals surface area (Å²) >= 11 is 5.74. The Morgan fingerprint density at radius 2 is 2.00 bits per heavy atom. The number of nitrogens with zero attached hydrogens (tertiary/aromatic N) is 2. The molecule has 22 heavy (non-hydrogen) atoms. The SMILES string of the molecule is O=C(/C=C/c1ccc(Cl)cc1)Nc1cnn(CC(F)(F)F)c1. The fourth-order valence-corrected chi connectivity index (χ4v) is 1.75. The zero-order chi connectivity index (χ0) is 16.2. The topological polar surface area (TPSA) is 46.9 Å². The van der Waals surface area contributed by atoms with Gasteiger partial charge < -0.3 is 5.32 Å². The molecule has 1 N–H and O–H groups in total. The maximum Gasteiger partial charge on any atom is 0.408 e. The van der Waals surface area contributed by atoms with Gasteiger partial charge in [0.1, 0.15) is 6.54 Å². The van der Waals surface area contributed by atoms with Crippen LogP contribution in [0.3, 0.4) is 0 Å². The number of carbonyl (C=O) groups excluding carboxylic acids is 1. The Kier molecular flexibility index (Phi) is 4.87. The summed E-state index contributed by atoms with van der Waals surface area (Å²) in [7, 11) is 0. The van der Waals surface area contributed by atoms with E-state index in [4.69, 9.17) is 11.6 Å². The van der Waals surface area contributed by atoms with Gasteiger partial charge in [-0.15, -0.1) is 0 Å². The predicted molar refractivity (Wildman–Crippen MR) is 77.4 cm³/mol. The quantitative estimate of drug-likeness (QED) is 0.868. The lowest BCUT2D eigenvalue weighted by molar-refractivity contribution is -0.142. The van der Waals surface area contributed by atoms with Gasteiger partial charge in [-0.2, -0.15) is 18.3 Å². The van der Waals surface area contributed by atoms with Crippen LogP contribution in [0.1, 0.15) is 5.56 Å². The van der Waals surface area contributed by atoms with Gasteiger partial charge in [0.25, 0.3) is 0 Å². The summed E-state index contributed by atoms with van der Waals surface area (Å²) in [5.74, 6) is -0.471. The molecule has 1 aromatic carbocycles. The molecule has 116 valence electrons. The van der Waals surface area contributed by atoms with Gasteiger partial charge >= 0.3 is 6.18 Å². The van der Waals surface area contributed by atoms with Crippen LogP contribution in [0.2, 0.25) is 5.02 Å². The van der Waals surface area contributed by atoms with Crippen LogP contribution in [-0.4, -0.2) is 21.9 Å². The molecule has 0 aliphatic heterocycles. The number of carbonyl (C=O) groups is 1. The first-order valence-corrected chi connectivity index (χ1v) is 6.53. The molecule has 2 aromatic rings. The van der Waals surface area contributed by atoms with E-state index in [9.17, 15) is 18.0 Å². The van der Waals surface area contributed by atoms with E-state index in [0.717, 1.165) is 18.0 Å². The summed E-state index contributed by atoms with van der Waals surface area (Å²) in [4.78, 5) is 11.7. The first kappa shape index (κ1) is 16.1. The predicted octanol–water partition coefficient (Wildman–Crippen LogP) is 3.75. The minimum atomic E-state index is -4.36. The molecule has 0 spiro atoms. The molecule has 0 fully saturated rings. The van der Waals surface area contributed by atoms with Gasteiger partial charge in [0, 0.05) is 17.3 Å². The van der Waals surface area contributed by atoms with Gasteiger partial charge in [0.2, 0.25) is 5.91 Å². The van der Waals surface area contributed by atoms with E-state index in [2.05, 4.69) is 10.4 Å². The molecule has 1 heterocycles. The Morgan fingerprint density at radius 1 is 1.32 bits per heavy atom. The molecule has 4 nitrogen and oxygen atoms in total. The van der Waals surface area contributed by atoms with Gasteiger partial charge in [-0.1, -0.05) is 23.7 Å². The van der Waals surface area contributed by atoms with Crippen molar-refractivity contribution in [2.24, 2.45) is 0 Å². The molecule has 0 aliphatic rings. The molecule has 0 bridgehead atoms. The lowest BCUT2D eigenvalue weighted by Gasteiger charge is -2.05. The highest BCUT2D eigenvalue weighted by Gasteiger charge is 2.28. The lowest BCUT2D eigenvalue weighted by Crippen LogP contribution is -2.17. The van der Waals surface area contributed by atoms with E-state index in [1.165, 1.54) is 6.08 Å². The average Bonchev–Trinajstić information content (AvgIpc) is 2.83. The van der Waals surface area contributed by atoms with Crippen molar-refractivity contribution in [1.29, 1.82) is 0 Å². The van der Waals surface area contributed by atoms with Crippen LogP contribution >= 0.6 is 11.6 Å². The van der Waals surface area contributed by atoms with Crippen molar-refractivity contribution in [3.05, 3.63) is 53.3 Å². The molecule has 1 aromatic heterocycles. The maximum absolute atomic E-state index is 12.2. The highest BCUT2D eigenvalue weighted by molar-refractivity contribution is 6.30. The van der Waals surface area contributed by atoms with Crippen LogP contribution in [0.5, 0.6) is 0 Å². The second-order valence-electron chi connectivity index (χ2n) is 4.42. The fourth-order valence-electron chi connectivity index (χ4n) is 1.63. The number of aromatic nitrogens is 2. The molecule has 0 saturated heterocycles. The van der Waals surface area contributed by atoms with Crippen LogP contribution in [-0.2, 0) is 11.3 Å². The van der Waals surface area contributed by atoms with Gasteiger partial charge in [-0.05, 0) is 23.8 Å². The molecule has 0 atom stereocenters. The largest absolute Gasteiger partial charge is 0.408 e. The third-order valence-corrected chi connectivity index (χ3v) is 2.79. The number of hydrogen-bond acceptors (Lipinski definition) is 2. The van der Waals surface area contributed by atoms with Crippen LogP contribution in [0.4, 0.5) is 18.9 Å². The standard InChI is InChI=1S/C14H11ClF3N3O/c15-11-4-1-10(2-5-11)3-6-13(22)20-12-7-19-21(8-12)9-14(16,17)18/h1-8H,9H2,(H,20,22)/b6-3+. The van der Waals surface area contributed by atoms with Crippen molar-refractivity contribution >= 4 is 29.3 Å². The van der Waals surface area contributed by atoms with Crippen molar-refractivity contribution in [3.63, 3.8) is 0 Å². The number of amides is 1. The number of anilines is 1. The van der Waals surface area contributed by atoms with E-state index in [1.54, 1.807) is 30.3 Å². The highest BCUT2D eigenvalue weighted by Crippen LogP contribution is 2.18. The Balaban J connectivity index is 1.93. The van der Waals surface area contributed by atoms with Crippen LogP contribution in [0.25, 0.3) is 6.08 Å². The molecule has 0 saturated carbocycles. The third-order valence-electron chi connectivity index (χ3n) is 2.54. The van der Waals surface area contributed by atoms with E-state index < -0.39 is 18.6 Å².